The zero-order valence-electron chi connectivity index (χ0n) is 11.5. The Kier molecular flexibility index (Phi) is 2.76. The normalized spacial score (nSPS) is 22.9. The molecule has 0 saturated carbocycles. The van der Waals surface area contributed by atoms with Gasteiger partial charge in [-0.05, 0) is 19.1 Å². The Balaban J connectivity index is 1.87. The molecule has 0 spiro atoms. The fourth-order valence-corrected chi connectivity index (χ4v) is 3.03. The first kappa shape index (κ1) is 11.9. The molecule has 3 nitrogen and oxygen atoms in total. The van der Waals surface area contributed by atoms with Crippen molar-refractivity contribution in [3.05, 3.63) is 48.5 Å². The van der Waals surface area contributed by atoms with Crippen molar-refractivity contribution in [3.8, 4) is 0 Å². The number of ether oxygens (including phenoxy) is 2. The number of hydrogen-bond acceptors (Lipinski definition) is 2. The second-order valence-electron chi connectivity index (χ2n) is 5.35. The number of hydrogen-bond donors (Lipinski definition) is 0. The summed E-state index contributed by atoms with van der Waals surface area (Å²) in [7, 11) is 0. The van der Waals surface area contributed by atoms with Gasteiger partial charge in [0.25, 0.3) is 0 Å². The maximum Gasteiger partial charge on any atom is 0.175 e. The molecule has 4 rings (SSSR count). The topological polar surface area (TPSA) is 23.4 Å². The van der Waals surface area contributed by atoms with E-state index in [2.05, 4.69) is 53.1 Å². The van der Waals surface area contributed by atoms with Crippen molar-refractivity contribution in [1.82, 2.24) is 4.57 Å². The van der Waals surface area contributed by atoms with Crippen molar-refractivity contribution >= 4 is 21.8 Å². The van der Waals surface area contributed by atoms with Crippen LogP contribution in [0.25, 0.3) is 21.8 Å². The zero-order chi connectivity index (χ0) is 13.5. The lowest BCUT2D eigenvalue weighted by molar-refractivity contribution is -0.0633. The van der Waals surface area contributed by atoms with Crippen LogP contribution in [0.4, 0.5) is 0 Å². The van der Waals surface area contributed by atoms with Crippen LogP contribution in [0.5, 0.6) is 0 Å². The molecule has 2 aromatic carbocycles. The van der Waals surface area contributed by atoms with Gasteiger partial charge < -0.3 is 14.0 Å². The predicted molar refractivity (Wildman–Crippen MR) is 79.7 cm³/mol. The Morgan fingerprint density at radius 1 is 1.00 bits per heavy atom. The molecule has 102 valence electrons. The molecule has 0 radical (unpaired) electrons. The number of nitrogens with zero attached hydrogens (tertiary/aromatic N) is 1. The summed E-state index contributed by atoms with van der Waals surface area (Å²) in [5, 5.41) is 2.57. The van der Waals surface area contributed by atoms with Gasteiger partial charge in [-0.3, -0.25) is 0 Å². The molecule has 0 unspecified atom stereocenters. The first-order chi connectivity index (χ1) is 9.83. The van der Waals surface area contributed by atoms with Gasteiger partial charge in [-0.15, -0.1) is 0 Å². The molecule has 0 bridgehead atoms. The lowest BCUT2D eigenvalue weighted by Gasteiger charge is -2.13. The molecule has 2 atom stereocenters. The van der Waals surface area contributed by atoms with Crippen molar-refractivity contribution in [1.29, 1.82) is 0 Å². The Hall–Kier alpha value is -1.84. The molecule has 0 aliphatic carbocycles. The lowest BCUT2D eigenvalue weighted by Crippen LogP contribution is -2.17. The van der Waals surface area contributed by atoms with Crippen LogP contribution in [0, 0.1) is 0 Å². The Bertz CT molecular complexity index is 709. The van der Waals surface area contributed by atoms with Crippen molar-refractivity contribution in [2.75, 3.05) is 6.61 Å². The smallest absolute Gasteiger partial charge is 0.175 e. The standard InChI is InChI=1S/C17H17NO2/c1-12-11-19-17(20-12)10-18-15-8-4-2-6-13(15)14-7-3-5-9-16(14)18/h2-9,12,17H,10-11H2,1H3/t12-,17+/m0/s1. The van der Waals surface area contributed by atoms with Crippen LogP contribution in [0.3, 0.4) is 0 Å². The minimum atomic E-state index is -0.149. The van der Waals surface area contributed by atoms with Gasteiger partial charge in [0.1, 0.15) is 0 Å². The van der Waals surface area contributed by atoms with E-state index >= 15 is 0 Å². The maximum absolute atomic E-state index is 5.79. The van der Waals surface area contributed by atoms with E-state index in [1.165, 1.54) is 21.8 Å². The number of aromatic nitrogens is 1. The highest BCUT2D eigenvalue weighted by Gasteiger charge is 2.24. The van der Waals surface area contributed by atoms with Crippen LogP contribution in [0.1, 0.15) is 6.92 Å². The Labute approximate surface area is 117 Å². The molecule has 1 aliphatic heterocycles. The van der Waals surface area contributed by atoms with Gasteiger partial charge in [-0.25, -0.2) is 0 Å². The summed E-state index contributed by atoms with van der Waals surface area (Å²) in [5.74, 6) is 0. The van der Waals surface area contributed by atoms with Crippen LogP contribution in [0.2, 0.25) is 0 Å². The number of rotatable bonds is 2. The van der Waals surface area contributed by atoms with Gasteiger partial charge in [-0.1, -0.05) is 36.4 Å². The molecular weight excluding hydrogens is 250 g/mol. The summed E-state index contributed by atoms with van der Waals surface area (Å²) < 4.78 is 13.8. The summed E-state index contributed by atoms with van der Waals surface area (Å²) in [6.07, 6.45) is 0.0392. The minimum Gasteiger partial charge on any atom is -0.348 e. The van der Waals surface area contributed by atoms with Crippen molar-refractivity contribution in [2.45, 2.75) is 25.9 Å². The summed E-state index contributed by atoms with van der Waals surface area (Å²) in [4.78, 5) is 0. The van der Waals surface area contributed by atoms with E-state index in [1.807, 2.05) is 6.92 Å². The van der Waals surface area contributed by atoms with E-state index in [0.29, 0.717) is 6.61 Å². The first-order valence-electron chi connectivity index (χ1n) is 7.06. The molecule has 20 heavy (non-hydrogen) atoms. The van der Waals surface area contributed by atoms with Crippen LogP contribution in [-0.2, 0) is 16.0 Å². The van der Waals surface area contributed by atoms with E-state index in [-0.39, 0.29) is 12.4 Å². The molecule has 0 N–H and O–H groups in total. The third-order valence-electron chi connectivity index (χ3n) is 3.91. The van der Waals surface area contributed by atoms with Gasteiger partial charge in [0.2, 0.25) is 0 Å². The highest BCUT2D eigenvalue weighted by atomic mass is 16.7. The molecule has 1 aliphatic rings. The van der Waals surface area contributed by atoms with Gasteiger partial charge in [0, 0.05) is 21.8 Å². The molecule has 2 heterocycles. The largest absolute Gasteiger partial charge is 0.348 e. The Morgan fingerprint density at radius 3 is 2.15 bits per heavy atom. The number of fused-ring (bicyclic) bond motifs is 3. The van der Waals surface area contributed by atoms with Gasteiger partial charge >= 0.3 is 0 Å². The Morgan fingerprint density at radius 2 is 1.60 bits per heavy atom. The highest BCUT2D eigenvalue weighted by Crippen LogP contribution is 2.29. The molecule has 1 fully saturated rings. The highest BCUT2D eigenvalue weighted by molar-refractivity contribution is 6.07. The van der Waals surface area contributed by atoms with Gasteiger partial charge in [0.05, 0.1) is 19.3 Å². The van der Waals surface area contributed by atoms with Crippen LogP contribution in [-0.4, -0.2) is 23.6 Å². The molecule has 1 saturated heterocycles. The fraction of sp³-hybridized carbons (Fsp3) is 0.294. The average molecular weight is 267 g/mol. The van der Waals surface area contributed by atoms with E-state index in [0.717, 1.165) is 6.54 Å². The predicted octanol–water partition coefficient (Wildman–Crippen LogP) is 3.56. The summed E-state index contributed by atoms with van der Waals surface area (Å²) in [6, 6.07) is 17.0. The molecule has 3 heteroatoms. The molecule has 1 aromatic heterocycles. The van der Waals surface area contributed by atoms with Gasteiger partial charge in [0.15, 0.2) is 6.29 Å². The molecular formula is C17H17NO2. The second-order valence-corrected chi connectivity index (χ2v) is 5.35. The van der Waals surface area contributed by atoms with Crippen LogP contribution in [0.15, 0.2) is 48.5 Å². The monoisotopic (exact) mass is 267 g/mol. The van der Waals surface area contributed by atoms with E-state index in [9.17, 15) is 0 Å². The summed E-state index contributed by atoms with van der Waals surface area (Å²) in [5.41, 5.74) is 2.47. The van der Waals surface area contributed by atoms with E-state index in [1.54, 1.807) is 0 Å². The van der Waals surface area contributed by atoms with E-state index in [4.69, 9.17) is 9.47 Å². The van der Waals surface area contributed by atoms with E-state index < -0.39 is 0 Å². The third-order valence-corrected chi connectivity index (χ3v) is 3.91. The quantitative estimate of drug-likeness (QED) is 0.708. The zero-order valence-corrected chi connectivity index (χ0v) is 11.5. The van der Waals surface area contributed by atoms with Crippen LogP contribution >= 0.6 is 0 Å². The number of benzene rings is 2. The van der Waals surface area contributed by atoms with Gasteiger partial charge in [-0.2, -0.15) is 0 Å². The minimum absolute atomic E-state index is 0.149. The van der Waals surface area contributed by atoms with Crippen molar-refractivity contribution in [2.24, 2.45) is 0 Å². The SMILES string of the molecule is C[C@H]1CO[C@@H](Cn2c3ccccc3c3ccccc32)O1. The maximum atomic E-state index is 5.79. The average Bonchev–Trinajstić information content (AvgIpc) is 3.03. The lowest BCUT2D eigenvalue weighted by atomic mass is 10.2. The second kappa shape index (κ2) is 4.62. The van der Waals surface area contributed by atoms with Crippen molar-refractivity contribution < 1.29 is 9.47 Å². The molecule has 3 aromatic rings. The first-order valence-corrected chi connectivity index (χ1v) is 7.06. The number of para-hydroxylation sites is 2. The fourth-order valence-electron chi connectivity index (χ4n) is 3.03. The van der Waals surface area contributed by atoms with Crippen molar-refractivity contribution in [3.63, 3.8) is 0 Å². The summed E-state index contributed by atoms with van der Waals surface area (Å²) >= 11 is 0. The summed E-state index contributed by atoms with van der Waals surface area (Å²) in [6.45, 7) is 3.46. The third kappa shape index (κ3) is 1.82. The molecule has 0 amide bonds. The van der Waals surface area contributed by atoms with Crippen LogP contribution < -0.4 is 0 Å².